The van der Waals surface area contributed by atoms with E-state index in [1.54, 1.807) is 36.4 Å². The van der Waals surface area contributed by atoms with Gasteiger partial charge in [0.05, 0.1) is 24.0 Å². The van der Waals surface area contributed by atoms with E-state index >= 15 is 0 Å². The largest absolute Gasteiger partial charge is 0.481 e. The summed E-state index contributed by atoms with van der Waals surface area (Å²) in [4.78, 5) is 31.1. The van der Waals surface area contributed by atoms with Crippen LogP contribution in [0.5, 0.6) is 0 Å². The molecule has 3 aromatic carbocycles. The van der Waals surface area contributed by atoms with Gasteiger partial charge in [-0.1, -0.05) is 18.2 Å². The molecule has 1 saturated carbocycles. The highest BCUT2D eigenvalue weighted by Crippen LogP contribution is 2.39. The molecule has 1 aromatic heterocycles. The Morgan fingerprint density at radius 2 is 1.76 bits per heavy atom. The Kier molecular flexibility index (Phi) is 6.59. The maximum atomic E-state index is 13.5. The summed E-state index contributed by atoms with van der Waals surface area (Å²) >= 11 is 0. The molecule has 1 heterocycles. The second-order valence-electron chi connectivity index (χ2n) is 9.11. The number of aliphatic carboxylic acids is 1. The van der Waals surface area contributed by atoms with Gasteiger partial charge in [-0.05, 0) is 67.4 Å². The van der Waals surface area contributed by atoms with Crippen molar-refractivity contribution in [3.8, 4) is 0 Å². The van der Waals surface area contributed by atoms with Crippen LogP contribution in [0, 0.1) is 5.41 Å². The van der Waals surface area contributed by atoms with Gasteiger partial charge in [0.2, 0.25) is 0 Å². The Balaban J connectivity index is 1.42. The fourth-order valence-electron chi connectivity index (χ4n) is 4.41. The number of aromatic nitrogens is 2. The average Bonchev–Trinajstić information content (AvgIpc) is 3.67. The number of para-hydroxylation sites is 1. The van der Waals surface area contributed by atoms with Crippen molar-refractivity contribution < 1.29 is 14.7 Å². The van der Waals surface area contributed by atoms with Gasteiger partial charge in [-0.25, -0.2) is 4.98 Å². The van der Waals surface area contributed by atoms with Crippen LogP contribution in [0.2, 0.25) is 0 Å². The summed E-state index contributed by atoms with van der Waals surface area (Å²) < 4.78 is 2.24. The molecule has 0 bridgehead atoms. The summed E-state index contributed by atoms with van der Waals surface area (Å²) in [7, 11) is 0. The van der Waals surface area contributed by atoms with E-state index in [1.807, 2.05) is 36.4 Å². The molecule has 0 atom stereocenters. The number of carboxylic acids is 1. The predicted octanol–water partition coefficient (Wildman–Crippen LogP) is 4.39. The Morgan fingerprint density at radius 1 is 1.05 bits per heavy atom. The van der Waals surface area contributed by atoms with Crippen molar-refractivity contribution in [3.05, 3.63) is 89.7 Å². The molecule has 37 heavy (non-hydrogen) atoms. The molecule has 0 saturated heterocycles. The quantitative estimate of drug-likeness (QED) is 0.190. The standard InChI is InChI=1S/C28H28N6O3/c29-27(30)18-6-9-20(10-7-18)31-17-25-32-23-16-19(8-13-24(23)34(25)22-11-12-22)28(37)33(15-14-26(35)36)21-4-2-1-3-5-21/h1-10,13,16,22,31H,11-12,14-15,17H2,(H3,29,30)(H,35,36). The maximum absolute atomic E-state index is 13.5. The Morgan fingerprint density at radius 3 is 2.41 bits per heavy atom. The first kappa shape index (κ1) is 24.1. The SMILES string of the molecule is N=C(N)c1ccc(NCc2nc3cc(C(=O)N(CCC(=O)O)c4ccccc4)ccc3n2C2CC2)cc1. The lowest BCUT2D eigenvalue weighted by atomic mass is 10.1. The Bertz CT molecular complexity index is 1460. The Labute approximate surface area is 214 Å². The third kappa shape index (κ3) is 5.30. The lowest BCUT2D eigenvalue weighted by molar-refractivity contribution is -0.136. The molecule has 0 spiro atoms. The zero-order valence-electron chi connectivity index (χ0n) is 20.2. The molecule has 9 nitrogen and oxygen atoms in total. The van der Waals surface area contributed by atoms with Gasteiger partial charge in [0.1, 0.15) is 11.7 Å². The molecule has 0 unspecified atom stereocenters. The number of nitrogens with one attached hydrogen (secondary N) is 2. The number of carbonyl (C=O) groups is 2. The number of anilines is 2. The molecule has 9 heteroatoms. The molecule has 0 radical (unpaired) electrons. The van der Waals surface area contributed by atoms with E-state index in [0.717, 1.165) is 35.4 Å². The molecule has 1 fully saturated rings. The summed E-state index contributed by atoms with van der Waals surface area (Å²) in [5.74, 6) is -0.314. The van der Waals surface area contributed by atoms with Crippen LogP contribution in [0.25, 0.3) is 11.0 Å². The van der Waals surface area contributed by atoms with E-state index in [-0.39, 0.29) is 24.7 Å². The lowest BCUT2D eigenvalue weighted by Crippen LogP contribution is -2.33. The van der Waals surface area contributed by atoms with Gasteiger partial charge in [-0.15, -0.1) is 0 Å². The van der Waals surface area contributed by atoms with Crippen molar-refractivity contribution >= 4 is 40.1 Å². The van der Waals surface area contributed by atoms with Crippen LogP contribution in [0.1, 0.15) is 47.1 Å². The van der Waals surface area contributed by atoms with E-state index in [2.05, 4.69) is 9.88 Å². The van der Waals surface area contributed by atoms with E-state index in [4.69, 9.17) is 16.1 Å². The number of rotatable bonds is 10. The molecule has 0 aliphatic heterocycles. The van der Waals surface area contributed by atoms with Gasteiger partial charge in [0, 0.05) is 35.1 Å². The minimum atomic E-state index is -0.958. The second kappa shape index (κ2) is 10.1. The molecule has 5 rings (SSSR count). The zero-order chi connectivity index (χ0) is 25.9. The first-order valence-electron chi connectivity index (χ1n) is 12.2. The van der Waals surface area contributed by atoms with Gasteiger partial charge in [-0.3, -0.25) is 15.0 Å². The number of amides is 1. The van der Waals surface area contributed by atoms with Crippen LogP contribution < -0.4 is 16.0 Å². The fraction of sp³-hybridized carbons (Fsp3) is 0.214. The maximum Gasteiger partial charge on any atom is 0.305 e. The number of hydrogen-bond acceptors (Lipinski definition) is 5. The van der Waals surface area contributed by atoms with Crippen molar-refractivity contribution in [1.29, 1.82) is 5.41 Å². The average molecular weight is 497 g/mol. The van der Waals surface area contributed by atoms with Crippen LogP contribution in [0.15, 0.2) is 72.8 Å². The third-order valence-electron chi connectivity index (χ3n) is 6.43. The highest BCUT2D eigenvalue weighted by atomic mass is 16.4. The number of carboxylic acid groups (broad SMARTS) is 1. The van der Waals surface area contributed by atoms with Crippen LogP contribution in [0.4, 0.5) is 11.4 Å². The molecule has 1 aliphatic rings. The molecule has 1 aliphatic carbocycles. The number of fused-ring (bicyclic) bond motifs is 1. The normalized spacial score (nSPS) is 12.9. The highest BCUT2D eigenvalue weighted by molar-refractivity contribution is 6.07. The summed E-state index contributed by atoms with van der Waals surface area (Å²) in [6, 6.07) is 22.4. The van der Waals surface area contributed by atoms with Crippen LogP contribution >= 0.6 is 0 Å². The predicted molar refractivity (Wildman–Crippen MR) is 143 cm³/mol. The van der Waals surface area contributed by atoms with Gasteiger partial charge in [0.15, 0.2) is 0 Å². The minimum Gasteiger partial charge on any atom is -0.481 e. The number of nitrogens with zero attached hydrogens (tertiary/aromatic N) is 3. The number of nitrogens with two attached hydrogens (primary N) is 1. The monoisotopic (exact) mass is 496 g/mol. The molecule has 5 N–H and O–H groups in total. The Hall–Kier alpha value is -4.66. The van der Waals surface area contributed by atoms with Crippen molar-refractivity contribution in [3.63, 3.8) is 0 Å². The molecule has 1 amide bonds. The molecular formula is C28H28N6O3. The molecule has 4 aromatic rings. The van der Waals surface area contributed by atoms with Gasteiger partial charge >= 0.3 is 5.97 Å². The lowest BCUT2D eigenvalue weighted by Gasteiger charge is -2.22. The summed E-state index contributed by atoms with van der Waals surface area (Å²) in [5.41, 5.74) is 9.92. The highest BCUT2D eigenvalue weighted by Gasteiger charge is 2.29. The van der Waals surface area contributed by atoms with Crippen molar-refractivity contribution in [2.24, 2.45) is 5.73 Å². The number of nitrogen functional groups attached to an aromatic ring is 1. The number of carbonyl (C=O) groups excluding carboxylic acids is 1. The second-order valence-corrected chi connectivity index (χ2v) is 9.11. The summed E-state index contributed by atoms with van der Waals surface area (Å²) in [5, 5.41) is 20.1. The third-order valence-corrected chi connectivity index (χ3v) is 6.43. The van der Waals surface area contributed by atoms with Crippen molar-refractivity contribution in [2.45, 2.75) is 31.8 Å². The first-order valence-corrected chi connectivity index (χ1v) is 12.2. The van der Waals surface area contributed by atoms with Gasteiger partial charge < -0.3 is 25.6 Å². The molecule has 188 valence electrons. The number of amidine groups is 1. The topological polar surface area (TPSA) is 137 Å². The van der Waals surface area contributed by atoms with Crippen LogP contribution in [0.3, 0.4) is 0 Å². The number of benzene rings is 3. The number of hydrogen-bond donors (Lipinski definition) is 4. The van der Waals surface area contributed by atoms with Crippen LogP contribution in [-0.2, 0) is 11.3 Å². The number of imidazole rings is 1. The fourth-order valence-corrected chi connectivity index (χ4v) is 4.41. The van der Waals surface area contributed by atoms with Crippen molar-refractivity contribution in [1.82, 2.24) is 9.55 Å². The molecular weight excluding hydrogens is 468 g/mol. The van der Waals surface area contributed by atoms with E-state index in [0.29, 0.717) is 29.4 Å². The van der Waals surface area contributed by atoms with Crippen LogP contribution in [-0.4, -0.2) is 38.9 Å². The summed E-state index contributed by atoms with van der Waals surface area (Å²) in [6.45, 7) is 0.576. The van der Waals surface area contributed by atoms with E-state index in [9.17, 15) is 14.7 Å². The van der Waals surface area contributed by atoms with Gasteiger partial charge in [0.25, 0.3) is 5.91 Å². The van der Waals surface area contributed by atoms with E-state index < -0.39 is 5.97 Å². The first-order chi connectivity index (χ1) is 17.9. The summed E-state index contributed by atoms with van der Waals surface area (Å²) in [6.07, 6.45) is 2.02. The zero-order valence-corrected chi connectivity index (χ0v) is 20.2. The van der Waals surface area contributed by atoms with E-state index in [1.165, 1.54) is 4.90 Å². The smallest absolute Gasteiger partial charge is 0.305 e. The van der Waals surface area contributed by atoms with Gasteiger partial charge in [-0.2, -0.15) is 0 Å². The van der Waals surface area contributed by atoms with Crippen molar-refractivity contribution in [2.75, 3.05) is 16.8 Å². The minimum absolute atomic E-state index is 0.0289.